The maximum absolute atomic E-state index is 12.6. The molecule has 0 atom stereocenters. The van der Waals surface area contributed by atoms with Crippen LogP contribution in [-0.4, -0.2) is 16.8 Å². The fraction of sp³-hybridized carbons (Fsp3) is 0.150. The van der Waals surface area contributed by atoms with Crippen molar-refractivity contribution in [2.45, 2.75) is 19.0 Å². The van der Waals surface area contributed by atoms with E-state index in [4.69, 9.17) is 0 Å². The van der Waals surface area contributed by atoms with Crippen molar-refractivity contribution < 1.29 is 22.8 Å². The summed E-state index contributed by atoms with van der Waals surface area (Å²) in [5, 5.41) is 7.23. The van der Waals surface area contributed by atoms with Gasteiger partial charge in [0.1, 0.15) is 0 Å². The first-order valence-electron chi connectivity index (χ1n) is 8.55. The first kappa shape index (κ1) is 20.5. The molecule has 5 nitrogen and oxygen atoms in total. The minimum absolute atomic E-state index is 0.0634. The van der Waals surface area contributed by atoms with E-state index < -0.39 is 17.6 Å². The molecule has 0 fully saturated rings. The van der Waals surface area contributed by atoms with E-state index >= 15 is 0 Å². The van der Waals surface area contributed by atoms with Crippen LogP contribution in [0.5, 0.6) is 0 Å². The molecule has 29 heavy (non-hydrogen) atoms. The molecule has 0 unspecified atom stereocenters. The molecular formula is C20H16F3N3O2S. The normalized spacial score (nSPS) is 11.1. The Balaban J connectivity index is 1.51. The third kappa shape index (κ3) is 6.15. The molecular weight excluding hydrogens is 403 g/mol. The molecule has 3 aromatic rings. The molecule has 0 aliphatic carbocycles. The third-order valence-corrected chi connectivity index (χ3v) is 4.65. The van der Waals surface area contributed by atoms with E-state index in [1.54, 1.807) is 5.38 Å². The highest BCUT2D eigenvalue weighted by Gasteiger charge is 2.30. The summed E-state index contributed by atoms with van der Waals surface area (Å²) in [6.45, 7) is 0. The van der Waals surface area contributed by atoms with Crippen LogP contribution in [-0.2, 0) is 28.6 Å². The van der Waals surface area contributed by atoms with Crippen molar-refractivity contribution in [1.29, 1.82) is 0 Å². The summed E-state index contributed by atoms with van der Waals surface area (Å²) in [5.74, 6) is -0.636. The average Bonchev–Trinajstić information content (AvgIpc) is 3.08. The Morgan fingerprint density at radius 1 is 0.897 bits per heavy atom. The number of thiazole rings is 1. The maximum Gasteiger partial charge on any atom is 0.416 e. The molecule has 9 heteroatoms. The second-order valence-corrected chi connectivity index (χ2v) is 7.01. The van der Waals surface area contributed by atoms with Crippen LogP contribution >= 0.6 is 11.3 Å². The van der Waals surface area contributed by atoms with E-state index in [0.717, 1.165) is 17.7 Å². The van der Waals surface area contributed by atoms with E-state index in [9.17, 15) is 22.8 Å². The molecule has 3 rings (SSSR count). The molecule has 0 aliphatic rings. The van der Waals surface area contributed by atoms with Gasteiger partial charge in [0.25, 0.3) is 0 Å². The number of hydrogen-bond acceptors (Lipinski definition) is 4. The zero-order valence-corrected chi connectivity index (χ0v) is 15.8. The molecule has 0 bridgehead atoms. The van der Waals surface area contributed by atoms with E-state index in [1.165, 1.54) is 23.5 Å². The van der Waals surface area contributed by atoms with Gasteiger partial charge in [-0.15, -0.1) is 11.3 Å². The number of carbonyl (C=O) groups excluding carboxylic acids is 2. The van der Waals surface area contributed by atoms with E-state index in [-0.39, 0.29) is 24.4 Å². The van der Waals surface area contributed by atoms with Crippen LogP contribution in [0, 0.1) is 0 Å². The van der Waals surface area contributed by atoms with E-state index in [1.807, 2.05) is 30.3 Å². The summed E-state index contributed by atoms with van der Waals surface area (Å²) in [6, 6.07) is 13.4. The van der Waals surface area contributed by atoms with Gasteiger partial charge in [0.15, 0.2) is 5.13 Å². The molecule has 1 heterocycles. The molecule has 2 aromatic carbocycles. The highest BCUT2D eigenvalue weighted by Crippen LogP contribution is 2.29. The third-order valence-electron chi connectivity index (χ3n) is 3.84. The van der Waals surface area contributed by atoms with E-state index in [0.29, 0.717) is 10.8 Å². The Labute approximate surface area is 168 Å². The second-order valence-electron chi connectivity index (χ2n) is 6.15. The van der Waals surface area contributed by atoms with Crippen molar-refractivity contribution >= 4 is 34.0 Å². The highest BCUT2D eigenvalue weighted by atomic mass is 32.1. The number of nitrogens with zero attached hydrogens (tertiary/aromatic N) is 1. The van der Waals surface area contributed by atoms with Gasteiger partial charge in [-0.1, -0.05) is 30.3 Å². The number of nitrogens with one attached hydrogen (secondary N) is 2. The number of benzene rings is 2. The lowest BCUT2D eigenvalue weighted by Crippen LogP contribution is -2.16. The minimum atomic E-state index is -4.43. The SMILES string of the molecule is O=C(Cc1csc(NC(=O)Cc2ccccc2)n1)Nc1ccc(C(F)(F)F)cc1. The Morgan fingerprint density at radius 3 is 2.21 bits per heavy atom. The average molecular weight is 419 g/mol. The molecule has 2 N–H and O–H groups in total. The van der Waals surface area contributed by atoms with Crippen molar-refractivity contribution in [3.63, 3.8) is 0 Å². The first-order valence-corrected chi connectivity index (χ1v) is 9.43. The molecule has 0 saturated heterocycles. The number of rotatable bonds is 6. The zero-order chi connectivity index (χ0) is 20.9. The van der Waals surface area contributed by atoms with Gasteiger partial charge in [0.2, 0.25) is 11.8 Å². The Kier molecular flexibility index (Phi) is 6.28. The summed E-state index contributed by atoms with van der Waals surface area (Å²) in [5.41, 5.74) is 0.799. The molecule has 0 radical (unpaired) electrons. The number of aromatic nitrogens is 1. The molecule has 0 aliphatic heterocycles. The Bertz CT molecular complexity index is 986. The van der Waals surface area contributed by atoms with Gasteiger partial charge < -0.3 is 10.6 Å². The van der Waals surface area contributed by atoms with Crippen LogP contribution in [0.4, 0.5) is 24.0 Å². The lowest BCUT2D eigenvalue weighted by molar-refractivity contribution is -0.137. The van der Waals surface area contributed by atoms with Gasteiger partial charge in [0, 0.05) is 11.1 Å². The van der Waals surface area contributed by atoms with Crippen molar-refractivity contribution in [2.24, 2.45) is 0 Å². The summed E-state index contributed by atoms with van der Waals surface area (Å²) >= 11 is 1.19. The van der Waals surface area contributed by atoms with E-state index in [2.05, 4.69) is 15.6 Å². The van der Waals surface area contributed by atoms with Crippen molar-refractivity contribution in [3.05, 3.63) is 76.8 Å². The molecule has 1 aromatic heterocycles. The summed E-state index contributed by atoms with van der Waals surface area (Å²) in [4.78, 5) is 28.3. The lowest BCUT2D eigenvalue weighted by atomic mass is 10.1. The van der Waals surface area contributed by atoms with Crippen LogP contribution < -0.4 is 10.6 Å². The topological polar surface area (TPSA) is 71.1 Å². The van der Waals surface area contributed by atoms with Crippen LogP contribution in [0.1, 0.15) is 16.8 Å². The number of hydrogen-bond donors (Lipinski definition) is 2. The van der Waals surface area contributed by atoms with Crippen molar-refractivity contribution in [3.8, 4) is 0 Å². The summed E-state index contributed by atoms with van der Waals surface area (Å²) < 4.78 is 37.7. The predicted octanol–water partition coefficient (Wildman–Crippen LogP) is 4.52. The number of halogens is 3. The van der Waals surface area contributed by atoms with Crippen LogP contribution in [0.15, 0.2) is 60.0 Å². The minimum Gasteiger partial charge on any atom is -0.326 e. The standard InChI is InChI=1S/C20H16F3N3O2S/c21-20(22,23)14-6-8-15(9-7-14)24-18(28)11-16-12-29-19(25-16)26-17(27)10-13-4-2-1-3-5-13/h1-9,12H,10-11H2,(H,24,28)(H,25,26,27). The van der Waals surface area contributed by atoms with Gasteiger partial charge in [-0.05, 0) is 29.8 Å². The smallest absolute Gasteiger partial charge is 0.326 e. The first-order chi connectivity index (χ1) is 13.8. The highest BCUT2D eigenvalue weighted by molar-refractivity contribution is 7.13. The fourth-order valence-electron chi connectivity index (χ4n) is 2.50. The quantitative estimate of drug-likeness (QED) is 0.617. The number of carbonyl (C=O) groups is 2. The van der Waals surface area contributed by atoms with Crippen LogP contribution in [0.3, 0.4) is 0 Å². The predicted molar refractivity (Wildman–Crippen MR) is 105 cm³/mol. The zero-order valence-electron chi connectivity index (χ0n) is 15.0. The second kappa shape index (κ2) is 8.87. The number of amides is 2. The van der Waals surface area contributed by atoms with Gasteiger partial charge in [-0.2, -0.15) is 13.2 Å². The lowest BCUT2D eigenvalue weighted by Gasteiger charge is -2.08. The number of alkyl halides is 3. The Hall–Kier alpha value is -3.20. The van der Waals surface area contributed by atoms with Crippen LogP contribution in [0.2, 0.25) is 0 Å². The van der Waals surface area contributed by atoms with Crippen molar-refractivity contribution in [1.82, 2.24) is 4.98 Å². The van der Waals surface area contributed by atoms with Gasteiger partial charge >= 0.3 is 6.18 Å². The van der Waals surface area contributed by atoms with Gasteiger partial charge in [-0.25, -0.2) is 4.98 Å². The van der Waals surface area contributed by atoms with Crippen molar-refractivity contribution in [2.75, 3.05) is 10.6 Å². The Morgan fingerprint density at radius 2 is 1.55 bits per heavy atom. The van der Waals surface area contributed by atoms with Crippen LogP contribution in [0.25, 0.3) is 0 Å². The molecule has 150 valence electrons. The summed E-state index contributed by atoms with van der Waals surface area (Å²) in [6.07, 6.45) is -4.28. The number of anilines is 2. The molecule has 0 saturated carbocycles. The maximum atomic E-state index is 12.6. The largest absolute Gasteiger partial charge is 0.416 e. The van der Waals surface area contributed by atoms with Gasteiger partial charge in [-0.3, -0.25) is 9.59 Å². The molecule has 0 spiro atoms. The monoisotopic (exact) mass is 419 g/mol. The van der Waals surface area contributed by atoms with Gasteiger partial charge in [0.05, 0.1) is 24.1 Å². The summed E-state index contributed by atoms with van der Waals surface area (Å²) in [7, 11) is 0. The molecule has 2 amide bonds. The fourth-order valence-corrected chi connectivity index (χ4v) is 3.23.